The van der Waals surface area contributed by atoms with E-state index in [9.17, 15) is 13.6 Å². The number of aryl methyl sites for hydroxylation is 1. The van der Waals surface area contributed by atoms with Gasteiger partial charge in [0, 0.05) is 0 Å². The van der Waals surface area contributed by atoms with Gasteiger partial charge in [-0.2, -0.15) is 5.10 Å². The highest BCUT2D eigenvalue weighted by Crippen LogP contribution is 2.28. The third kappa shape index (κ3) is 3.70. The third-order valence-corrected chi connectivity index (χ3v) is 4.39. The summed E-state index contributed by atoms with van der Waals surface area (Å²) < 4.78 is 26.6. The van der Waals surface area contributed by atoms with Gasteiger partial charge in [-0.3, -0.25) is 5.10 Å². The van der Waals surface area contributed by atoms with Crippen LogP contribution in [0.5, 0.6) is 0 Å². The van der Waals surface area contributed by atoms with Gasteiger partial charge in [0.15, 0.2) is 11.6 Å². The van der Waals surface area contributed by atoms with Gasteiger partial charge < -0.3 is 10.6 Å². The number of aromatic amines is 1. The molecule has 5 nitrogen and oxygen atoms in total. The van der Waals surface area contributed by atoms with Crippen molar-refractivity contribution in [1.82, 2.24) is 20.8 Å². The summed E-state index contributed by atoms with van der Waals surface area (Å²) >= 11 is 0. The van der Waals surface area contributed by atoms with Crippen molar-refractivity contribution in [1.29, 1.82) is 0 Å². The van der Waals surface area contributed by atoms with Crippen molar-refractivity contribution < 1.29 is 13.6 Å². The SMILES string of the molecule is C=C(C)[C@@H](NC(=O)N[C@H]1CCCc2cn[nH]c21)c1ccc(F)c(F)c1. The van der Waals surface area contributed by atoms with Crippen LogP contribution in [0.4, 0.5) is 13.6 Å². The molecule has 1 aliphatic rings. The monoisotopic (exact) mass is 346 g/mol. The highest BCUT2D eigenvalue weighted by molar-refractivity contribution is 5.75. The lowest BCUT2D eigenvalue weighted by Gasteiger charge is -2.25. The molecule has 0 aliphatic heterocycles. The molecule has 0 saturated heterocycles. The number of hydrogen-bond donors (Lipinski definition) is 3. The molecule has 25 heavy (non-hydrogen) atoms. The summed E-state index contributed by atoms with van der Waals surface area (Å²) in [6.45, 7) is 5.56. The van der Waals surface area contributed by atoms with Gasteiger partial charge in [-0.15, -0.1) is 0 Å². The van der Waals surface area contributed by atoms with Crippen LogP contribution in [0, 0.1) is 11.6 Å². The molecule has 0 spiro atoms. The molecule has 0 fully saturated rings. The van der Waals surface area contributed by atoms with Crippen molar-refractivity contribution in [3.63, 3.8) is 0 Å². The smallest absolute Gasteiger partial charge is 0.316 e. The van der Waals surface area contributed by atoms with E-state index in [4.69, 9.17) is 0 Å². The molecule has 1 aliphatic carbocycles. The normalized spacial score (nSPS) is 17.5. The first-order valence-corrected chi connectivity index (χ1v) is 8.15. The highest BCUT2D eigenvalue weighted by Gasteiger charge is 2.25. The average Bonchev–Trinajstić information content (AvgIpc) is 3.05. The van der Waals surface area contributed by atoms with Gasteiger partial charge >= 0.3 is 6.03 Å². The molecule has 2 atom stereocenters. The fraction of sp³-hybridized carbons (Fsp3) is 0.333. The number of benzene rings is 1. The first-order valence-electron chi connectivity index (χ1n) is 8.15. The van der Waals surface area contributed by atoms with Crippen LogP contribution >= 0.6 is 0 Å². The molecule has 0 unspecified atom stereocenters. The second-order valence-corrected chi connectivity index (χ2v) is 6.32. The van der Waals surface area contributed by atoms with Gasteiger partial charge in [0.2, 0.25) is 0 Å². The highest BCUT2D eigenvalue weighted by atomic mass is 19.2. The van der Waals surface area contributed by atoms with Crippen molar-refractivity contribution >= 4 is 6.03 Å². The molecule has 1 aromatic carbocycles. The molecular formula is C18H20F2N4O. The fourth-order valence-electron chi connectivity index (χ4n) is 3.12. The Kier molecular flexibility index (Phi) is 4.83. The van der Waals surface area contributed by atoms with Gasteiger partial charge in [0.1, 0.15) is 0 Å². The summed E-state index contributed by atoms with van der Waals surface area (Å²) in [5.41, 5.74) is 3.08. The zero-order chi connectivity index (χ0) is 18.0. The van der Waals surface area contributed by atoms with E-state index in [1.54, 1.807) is 13.1 Å². The lowest BCUT2D eigenvalue weighted by molar-refractivity contribution is 0.233. The quantitative estimate of drug-likeness (QED) is 0.739. The van der Waals surface area contributed by atoms with E-state index in [1.807, 2.05) is 0 Å². The van der Waals surface area contributed by atoms with Crippen LogP contribution in [0.25, 0.3) is 0 Å². The molecule has 2 amide bonds. The molecule has 1 aromatic heterocycles. The number of rotatable bonds is 4. The average molecular weight is 346 g/mol. The van der Waals surface area contributed by atoms with Gasteiger partial charge in [0.05, 0.1) is 24.0 Å². The molecule has 132 valence electrons. The largest absolute Gasteiger partial charge is 0.330 e. The Labute approximate surface area is 144 Å². The number of aromatic nitrogens is 2. The second-order valence-electron chi connectivity index (χ2n) is 6.32. The molecule has 0 saturated carbocycles. The summed E-state index contributed by atoms with van der Waals surface area (Å²) in [5, 5.41) is 12.7. The summed E-state index contributed by atoms with van der Waals surface area (Å²) in [6.07, 6.45) is 4.49. The first-order chi connectivity index (χ1) is 12.0. The van der Waals surface area contributed by atoms with Crippen LogP contribution in [0.3, 0.4) is 0 Å². The van der Waals surface area contributed by atoms with Gasteiger partial charge in [-0.1, -0.05) is 18.2 Å². The van der Waals surface area contributed by atoms with Crippen LogP contribution in [-0.4, -0.2) is 16.2 Å². The lowest BCUT2D eigenvalue weighted by atomic mass is 9.94. The minimum Gasteiger partial charge on any atom is -0.330 e. The van der Waals surface area contributed by atoms with Crippen molar-refractivity contribution in [2.75, 3.05) is 0 Å². The van der Waals surface area contributed by atoms with Crippen LogP contribution < -0.4 is 10.6 Å². The van der Waals surface area contributed by atoms with E-state index in [1.165, 1.54) is 6.07 Å². The third-order valence-electron chi connectivity index (χ3n) is 4.39. The number of urea groups is 1. The van der Waals surface area contributed by atoms with E-state index < -0.39 is 23.7 Å². The molecule has 2 aromatic rings. The van der Waals surface area contributed by atoms with Crippen molar-refractivity contribution in [3.8, 4) is 0 Å². The van der Waals surface area contributed by atoms with E-state index in [0.29, 0.717) is 11.1 Å². The number of H-pyrrole nitrogens is 1. The number of carbonyl (C=O) groups excluding carboxylic acids is 1. The van der Waals surface area contributed by atoms with Crippen molar-refractivity contribution in [3.05, 3.63) is 65.0 Å². The van der Waals surface area contributed by atoms with Gasteiger partial charge in [0.25, 0.3) is 0 Å². The second kappa shape index (κ2) is 7.04. The predicted molar refractivity (Wildman–Crippen MR) is 89.8 cm³/mol. The maximum absolute atomic E-state index is 13.5. The number of carbonyl (C=O) groups is 1. The maximum Gasteiger partial charge on any atom is 0.316 e. The maximum atomic E-state index is 13.5. The summed E-state index contributed by atoms with van der Waals surface area (Å²) in [5.74, 6) is -1.89. The number of halogens is 2. The number of hydrogen-bond acceptors (Lipinski definition) is 2. The first kappa shape index (κ1) is 17.1. The van der Waals surface area contributed by atoms with Crippen LogP contribution in [0.2, 0.25) is 0 Å². The molecule has 0 radical (unpaired) electrons. The van der Waals surface area contributed by atoms with E-state index >= 15 is 0 Å². The van der Waals surface area contributed by atoms with Crippen molar-refractivity contribution in [2.24, 2.45) is 0 Å². The number of nitrogens with one attached hydrogen (secondary N) is 3. The van der Waals surface area contributed by atoms with E-state index in [0.717, 1.165) is 42.7 Å². The number of amides is 2. The van der Waals surface area contributed by atoms with Crippen LogP contribution in [-0.2, 0) is 6.42 Å². The number of fused-ring (bicyclic) bond motifs is 1. The van der Waals surface area contributed by atoms with Gasteiger partial charge in [-0.05, 0) is 49.4 Å². The molecule has 3 N–H and O–H groups in total. The Morgan fingerprint density at radius 1 is 1.40 bits per heavy atom. The summed E-state index contributed by atoms with van der Waals surface area (Å²) in [7, 11) is 0. The summed E-state index contributed by atoms with van der Waals surface area (Å²) in [4.78, 5) is 12.4. The minimum absolute atomic E-state index is 0.151. The van der Waals surface area contributed by atoms with Gasteiger partial charge in [-0.25, -0.2) is 13.6 Å². The van der Waals surface area contributed by atoms with Crippen molar-refractivity contribution in [2.45, 2.75) is 38.3 Å². The molecule has 3 rings (SSSR count). The van der Waals surface area contributed by atoms with E-state index in [2.05, 4.69) is 27.4 Å². The number of nitrogens with zero attached hydrogens (tertiary/aromatic N) is 1. The molecular weight excluding hydrogens is 326 g/mol. The Balaban J connectivity index is 1.72. The zero-order valence-electron chi connectivity index (χ0n) is 13.9. The van der Waals surface area contributed by atoms with Crippen LogP contribution in [0.1, 0.15) is 48.7 Å². The van der Waals surface area contributed by atoms with Crippen LogP contribution in [0.15, 0.2) is 36.5 Å². The molecule has 1 heterocycles. The lowest BCUT2D eigenvalue weighted by Crippen LogP contribution is -2.41. The Morgan fingerprint density at radius 3 is 2.92 bits per heavy atom. The minimum atomic E-state index is -0.958. The Morgan fingerprint density at radius 2 is 2.20 bits per heavy atom. The zero-order valence-corrected chi connectivity index (χ0v) is 13.9. The fourth-order valence-corrected chi connectivity index (χ4v) is 3.12. The Bertz CT molecular complexity index is 802. The topological polar surface area (TPSA) is 69.8 Å². The predicted octanol–water partition coefficient (Wildman–Crippen LogP) is 3.68. The Hall–Kier alpha value is -2.70. The summed E-state index contributed by atoms with van der Waals surface area (Å²) in [6, 6.07) is 2.39. The van der Waals surface area contributed by atoms with E-state index in [-0.39, 0.29) is 6.04 Å². The molecule has 0 bridgehead atoms. The standard InChI is InChI=1S/C18H20F2N4O/c1-10(2)16(11-6-7-13(19)14(20)8-11)23-18(25)22-15-5-3-4-12-9-21-24-17(12)15/h6-9,15-16H,1,3-5H2,2H3,(H,21,24)(H2,22,23,25)/t15-,16+/m0/s1. The molecule has 7 heteroatoms.